The average Bonchev–Trinajstić information content (AvgIpc) is 3.25. The van der Waals surface area contributed by atoms with Gasteiger partial charge >= 0.3 is 0 Å². The highest BCUT2D eigenvalue weighted by molar-refractivity contribution is 5.83. The molecular formula is C22H20N8. The summed E-state index contributed by atoms with van der Waals surface area (Å²) in [7, 11) is 1.89. The van der Waals surface area contributed by atoms with Crippen molar-refractivity contribution in [2.75, 3.05) is 36.0 Å². The number of hydrogen-bond donors (Lipinski definition) is 0. The van der Waals surface area contributed by atoms with Crippen LogP contribution < -0.4 is 9.80 Å². The highest BCUT2D eigenvalue weighted by atomic mass is 15.3. The van der Waals surface area contributed by atoms with Crippen molar-refractivity contribution >= 4 is 22.5 Å². The average molecular weight is 396 g/mol. The van der Waals surface area contributed by atoms with E-state index in [0.29, 0.717) is 5.56 Å². The molecule has 0 amide bonds. The Morgan fingerprint density at radius 2 is 1.77 bits per heavy atom. The third-order valence-electron chi connectivity index (χ3n) is 5.35. The van der Waals surface area contributed by atoms with Crippen LogP contribution in [0.25, 0.3) is 22.2 Å². The van der Waals surface area contributed by atoms with E-state index in [2.05, 4.69) is 26.0 Å². The normalized spacial score (nSPS) is 14.1. The van der Waals surface area contributed by atoms with Crippen molar-refractivity contribution in [3.63, 3.8) is 0 Å². The lowest BCUT2D eigenvalue weighted by atomic mass is 10.1. The maximum absolute atomic E-state index is 9.63. The number of fused-ring (bicyclic) bond motifs is 1. The molecule has 30 heavy (non-hydrogen) atoms. The summed E-state index contributed by atoms with van der Waals surface area (Å²) in [6.07, 6.45) is 7.28. The highest BCUT2D eigenvalue weighted by Crippen LogP contribution is 2.25. The smallest absolute Gasteiger partial charge is 0.147 e. The second kappa shape index (κ2) is 7.44. The molecule has 0 aliphatic carbocycles. The van der Waals surface area contributed by atoms with Crippen molar-refractivity contribution in [3.8, 4) is 17.3 Å². The van der Waals surface area contributed by atoms with Crippen LogP contribution in [-0.2, 0) is 7.05 Å². The van der Waals surface area contributed by atoms with Crippen molar-refractivity contribution in [2.45, 2.75) is 0 Å². The Morgan fingerprint density at radius 1 is 0.967 bits per heavy atom. The largest absolute Gasteiger partial charge is 0.352 e. The van der Waals surface area contributed by atoms with Gasteiger partial charge in [-0.2, -0.15) is 10.4 Å². The topological polar surface area (TPSA) is 86.8 Å². The Kier molecular flexibility index (Phi) is 4.48. The lowest BCUT2D eigenvalue weighted by Crippen LogP contribution is -2.47. The number of nitrogens with zero attached hydrogens (tertiary/aromatic N) is 8. The van der Waals surface area contributed by atoms with E-state index in [4.69, 9.17) is 9.97 Å². The fraction of sp³-hybridized carbons (Fsp3) is 0.227. The van der Waals surface area contributed by atoms with Crippen LogP contribution in [0, 0.1) is 11.3 Å². The molecule has 4 heterocycles. The number of rotatable bonds is 3. The molecule has 1 fully saturated rings. The first-order chi connectivity index (χ1) is 14.7. The van der Waals surface area contributed by atoms with Gasteiger partial charge in [-0.25, -0.2) is 9.97 Å². The number of nitriles is 1. The minimum Gasteiger partial charge on any atom is -0.352 e. The van der Waals surface area contributed by atoms with Crippen LogP contribution in [0.2, 0.25) is 0 Å². The van der Waals surface area contributed by atoms with Crippen LogP contribution in [-0.4, -0.2) is 50.9 Å². The van der Waals surface area contributed by atoms with Crippen molar-refractivity contribution in [3.05, 3.63) is 60.7 Å². The van der Waals surface area contributed by atoms with Gasteiger partial charge in [0.2, 0.25) is 0 Å². The van der Waals surface area contributed by atoms with Crippen molar-refractivity contribution < 1.29 is 0 Å². The Morgan fingerprint density at radius 3 is 2.53 bits per heavy atom. The van der Waals surface area contributed by atoms with Crippen LogP contribution in [0.3, 0.4) is 0 Å². The van der Waals surface area contributed by atoms with E-state index in [1.165, 1.54) is 0 Å². The molecule has 1 aliphatic heterocycles. The van der Waals surface area contributed by atoms with Gasteiger partial charge in [-0.3, -0.25) is 9.67 Å². The maximum atomic E-state index is 9.63. The zero-order valence-electron chi connectivity index (χ0n) is 16.6. The second-order valence-corrected chi connectivity index (χ2v) is 7.30. The summed E-state index contributed by atoms with van der Waals surface area (Å²) in [5.41, 5.74) is 3.28. The first-order valence-corrected chi connectivity index (χ1v) is 9.82. The van der Waals surface area contributed by atoms with Crippen LogP contribution in [0.4, 0.5) is 11.6 Å². The number of para-hydroxylation sites is 1. The van der Waals surface area contributed by atoms with Crippen molar-refractivity contribution in [1.82, 2.24) is 24.7 Å². The summed E-state index contributed by atoms with van der Waals surface area (Å²) < 4.78 is 1.76. The highest BCUT2D eigenvalue weighted by Gasteiger charge is 2.22. The molecule has 3 aromatic heterocycles. The van der Waals surface area contributed by atoms with Gasteiger partial charge in [0.05, 0.1) is 35.4 Å². The summed E-state index contributed by atoms with van der Waals surface area (Å²) in [6.45, 7) is 3.09. The van der Waals surface area contributed by atoms with E-state index in [1.54, 1.807) is 23.3 Å². The van der Waals surface area contributed by atoms with Gasteiger partial charge in [-0.1, -0.05) is 18.2 Å². The molecule has 1 aliphatic rings. The van der Waals surface area contributed by atoms with E-state index >= 15 is 0 Å². The minimum absolute atomic E-state index is 0.612. The molecule has 0 saturated carbocycles. The molecule has 1 aromatic carbocycles. The molecule has 8 heteroatoms. The molecule has 1 saturated heterocycles. The van der Waals surface area contributed by atoms with E-state index in [0.717, 1.165) is 60.0 Å². The van der Waals surface area contributed by atoms with Crippen molar-refractivity contribution in [1.29, 1.82) is 5.26 Å². The van der Waals surface area contributed by atoms with E-state index in [9.17, 15) is 5.26 Å². The van der Waals surface area contributed by atoms with E-state index in [-0.39, 0.29) is 0 Å². The molecule has 0 N–H and O–H groups in total. The van der Waals surface area contributed by atoms with Crippen molar-refractivity contribution in [2.24, 2.45) is 7.05 Å². The number of aryl methyl sites for hydroxylation is 1. The molecule has 0 radical (unpaired) electrons. The SMILES string of the molecule is Cn1cc(-c2cncc(N3CCN(c4nc5ccccc5cc4C#N)CC3)n2)cn1. The minimum atomic E-state index is 0.612. The zero-order chi connectivity index (χ0) is 20.5. The predicted octanol–water partition coefficient (Wildman–Crippen LogP) is 2.62. The van der Waals surface area contributed by atoms with Gasteiger partial charge in [0.15, 0.2) is 0 Å². The third kappa shape index (κ3) is 3.31. The summed E-state index contributed by atoms with van der Waals surface area (Å²) >= 11 is 0. The molecule has 0 bridgehead atoms. The summed E-state index contributed by atoms with van der Waals surface area (Å²) in [6, 6.07) is 12.1. The first-order valence-electron chi connectivity index (χ1n) is 9.82. The molecule has 0 atom stereocenters. The lowest BCUT2D eigenvalue weighted by molar-refractivity contribution is 0.641. The van der Waals surface area contributed by atoms with Crippen LogP contribution in [0.5, 0.6) is 0 Å². The summed E-state index contributed by atoms with van der Waals surface area (Å²) in [5, 5.41) is 14.8. The molecule has 8 nitrogen and oxygen atoms in total. The van der Waals surface area contributed by atoms with E-state index < -0.39 is 0 Å². The Hall–Kier alpha value is -3.99. The zero-order valence-corrected chi connectivity index (χ0v) is 16.6. The standard InChI is InChI=1S/C22H20N8/c1-28-15-18(12-25-28)20-13-24-14-21(26-20)29-6-8-30(9-7-29)22-17(11-23)10-16-4-2-3-5-19(16)27-22/h2-5,10,12-15H,6-9H2,1H3. The number of hydrogen-bond acceptors (Lipinski definition) is 7. The monoisotopic (exact) mass is 396 g/mol. The second-order valence-electron chi connectivity index (χ2n) is 7.30. The molecule has 5 rings (SSSR count). The summed E-state index contributed by atoms with van der Waals surface area (Å²) in [5.74, 6) is 1.61. The van der Waals surface area contributed by atoms with Gasteiger partial charge in [0.25, 0.3) is 0 Å². The number of anilines is 2. The maximum Gasteiger partial charge on any atom is 0.147 e. The number of pyridine rings is 1. The molecule has 0 unspecified atom stereocenters. The number of piperazine rings is 1. The van der Waals surface area contributed by atoms with E-state index in [1.807, 2.05) is 43.6 Å². The quantitative estimate of drug-likeness (QED) is 0.526. The van der Waals surface area contributed by atoms with Gasteiger partial charge in [-0.05, 0) is 12.1 Å². The lowest BCUT2D eigenvalue weighted by Gasteiger charge is -2.36. The Bertz CT molecular complexity index is 1250. The van der Waals surface area contributed by atoms with Gasteiger partial charge in [0.1, 0.15) is 17.7 Å². The fourth-order valence-corrected chi connectivity index (χ4v) is 3.78. The van der Waals surface area contributed by atoms with Crippen LogP contribution in [0.1, 0.15) is 5.56 Å². The van der Waals surface area contributed by atoms with Crippen LogP contribution >= 0.6 is 0 Å². The molecule has 0 spiro atoms. The molecule has 4 aromatic rings. The molecular weight excluding hydrogens is 376 g/mol. The predicted molar refractivity (Wildman–Crippen MR) is 115 cm³/mol. The van der Waals surface area contributed by atoms with Crippen LogP contribution in [0.15, 0.2) is 55.1 Å². The van der Waals surface area contributed by atoms with Gasteiger partial charge < -0.3 is 9.80 Å². The molecule has 148 valence electrons. The number of benzene rings is 1. The fourth-order valence-electron chi connectivity index (χ4n) is 3.78. The summed E-state index contributed by atoms with van der Waals surface area (Å²) in [4.78, 5) is 18.3. The Labute approximate surface area is 174 Å². The third-order valence-corrected chi connectivity index (χ3v) is 5.35. The number of aromatic nitrogens is 5. The Balaban J connectivity index is 1.36. The van der Waals surface area contributed by atoms with Gasteiger partial charge in [-0.15, -0.1) is 0 Å². The first kappa shape index (κ1) is 18.1. The van der Waals surface area contributed by atoms with Gasteiger partial charge in [0, 0.05) is 50.4 Å².